The molecule has 0 radical (unpaired) electrons. The van der Waals surface area contributed by atoms with Gasteiger partial charge in [0.05, 0.1) is 0 Å². The van der Waals surface area contributed by atoms with Crippen molar-refractivity contribution in [2.75, 3.05) is 20.2 Å². The van der Waals surface area contributed by atoms with E-state index in [9.17, 15) is 4.79 Å². The zero-order valence-electron chi connectivity index (χ0n) is 10.2. The van der Waals surface area contributed by atoms with Gasteiger partial charge in [0.2, 0.25) is 0 Å². The number of amides is 1. The van der Waals surface area contributed by atoms with Gasteiger partial charge in [0.15, 0.2) is 0 Å². The first-order chi connectivity index (χ1) is 6.86. The molecular weight excluding hydrogens is 210 g/mol. The minimum Gasteiger partial charge on any atom is -0.369 e. The highest BCUT2D eigenvalue weighted by molar-refractivity contribution is 8.00. The van der Waals surface area contributed by atoms with Crippen LogP contribution < -0.4 is 0 Å². The Kier molecular flexibility index (Phi) is 4.06. The van der Waals surface area contributed by atoms with E-state index in [0.29, 0.717) is 10.5 Å². The lowest BCUT2D eigenvalue weighted by atomic mass is 10.1. The molecule has 1 heterocycles. The second-order valence-corrected chi connectivity index (χ2v) is 6.56. The van der Waals surface area contributed by atoms with E-state index >= 15 is 0 Å². The zero-order chi connectivity index (χ0) is 11.6. The fraction of sp³-hybridized carbons (Fsp3) is 0.909. The second-order valence-electron chi connectivity index (χ2n) is 4.68. The Morgan fingerprint density at radius 3 is 2.20 bits per heavy atom. The monoisotopic (exact) mass is 231 g/mol. The van der Waals surface area contributed by atoms with E-state index < -0.39 is 5.60 Å². The van der Waals surface area contributed by atoms with E-state index in [-0.39, 0.29) is 5.91 Å². The van der Waals surface area contributed by atoms with Gasteiger partial charge in [-0.1, -0.05) is 13.8 Å². The topological polar surface area (TPSA) is 29.5 Å². The van der Waals surface area contributed by atoms with Crippen LogP contribution in [0.25, 0.3) is 0 Å². The average molecular weight is 231 g/mol. The highest BCUT2D eigenvalue weighted by atomic mass is 32.2. The van der Waals surface area contributed by atoms with Crippen molar-refractivity contribution in [3.05, 3.63) is 0 Å². The summed E-state index contributed by atoms with van der Waals surface area (Å²) in [6.07, 6.45) is 0. The number of carbonyl (C=O) groups is 1. The summed E-state index contributed by atoms with van der Waals surface area (Å²) >= 11 is 1.95. The number of nitrogens with zero attached hydrogens (tertiary/aromatic N) is 1. The molecule has 1 aliphatic heterocycles. The third kappa shape index (κ3) is 3.11. The predicted molar refractivity (Wildman–Crippen MR) is 64.2 cm³/mol. The summed E-state index contributed by atoms with van der Waals surface area (Å²) in [4.78, 5) is 14.1. The fourth-order valence-corrected chi connectivity index (χ4v) is 3.14. The lowest BCUT2D eigenvalue weighted by Gasteiger charge is -2.38. The molecule has 1 fully saturated rings. The molecule has 0 N–H and O–H groups in total. The van der Waals surface area contributed by atoms with Crippen molar-refractivity contribution >= 4 is 17.7 Å². The molecule has 1 aliphatic rings. The molecule has 0 aromatic heterocycles. The average Bonchev–Trinajstić information content (AvgIpc) is 2.15. The zero-order valence-corrected chi connectivity index (χ0v) is 11.1. The quantitative estimate of drug-likeness (QED) is 0.725. The fourth-order valence-electron chi connectivity index (χ4n) is 1.81. The number of carbonyl (C=O) groups excluding carboxylic acids is 1. The van der Waals surface area contributed by atoms with Crippen LogP contribution in [0.4, 0.5) is 0 Å². The Hall–Kier alpha value is -0.220. The van der Waals surface area contributed by atoms with Gasteiger partial charge < -0.3 is 9.64 Å². The molecule has 0 aromatic carbocycles. The van der Waals surface area contributed by atoms with Crippen LogP contribution in [0.2, 0.25) is 0 Å². The van der Waals surface area contributed by atoms with E-state index in [0.717, 1.165) is 13.1 Å². The van der Waals surface area contributed by atoms with E-state index in [1.165, 1.54) is 0 Å². The smallest absolute Gasteiger partial charge is 0.254 e. The molecule has 0 aliphatic carbocycles. The van der Waals surface area contributed by atoms with Crippen LogP contribution in [0, 0.1) is 0 Å². The first-order valence-corrected chi connectivity index (χ1v) is 6.31. The van der Waals surface area contributed by atoms with Crippen molar-refractivity contribution in [3.8, 4) is 0 Å². The molecule has 15 heavy (non-hydrogen) atoms. The molecule has 1 rings (SSSR count). The van der Waals surface area contributed by atoms with Crippen LogP contribution in [0.1, 0.15) is 27.7 Å². The molecule has 88 valence electrons. The van der Waals surface area contributed by atoms with Crippen LogP contribution in [0.5, 0.6) is 0 Å². The number of thioether (sulfide) groups is 1. The largest absolute Gasteiger partial charge is 0.369 e. The summed E-state index contributed by atoms with van der Waals surface area (Å²) in [5, 5.41) is 1.04. The van der Waals surface area contributed by atoms with Gasteiger partial charge in [-0.25, -0.2) is 0 Å². The van der Waals surface area contributed by atoms with Gasteiger partial charge >= 0.3 is 0 Å². The maximum atomic E-state index is 12.1. The second kappa shape index (κ2) is 4.74. The Bertz CT molecular complexity index is 233. The van der Waals surface area contributed by atoms with Gasteiger partial charge in [0.1, 0.15) is 5.60 Å². The SMILES string of the molecule is COC(C)(C)C(=O)N1CC(C)SC(C)C1. The summed E-state index contributed by atoms with van der Waals surface area (Å²) in [6.45, 7) is 9.65. The van der Waals surface area contributed by atoms with Gasteiger partial charge in [-0.3, -0.25) is 4.79 Å². The van der Waals surface area contributed by atoms with Crippen molar-refractivity contribution in [2.24, 2.45) is 0 Å². The van der Waals surface area contributed by atoms with Crippen molar-refractivity contribution in [3.63, 3.8) is 0 Å². The molecule has 1 saturated heterocycles. The lowest BCUT2D eigenvalue weighted by Crippen LogP contribution is -2.52. The van der Waals surface area contributed by atoms with Crippen molar-refractivity contribution in [2.45, 2.75) is 43.8 Å². The predicted octanol–water partition coefficient (Wildman–Crippen LogP) is 1.76. The minimum atomic E-state index is -0.693. The third-order valence-electron chi connectivity index (χ3n) is 2.73. The van der Waals surface area contributed by atoms with Gasteiger partial charge in [-0.05, 0) is 13.8 Å². The third-order valence-corrected chi connectivity index (χ3v) is 3.96. The number of ether oxygens (including phenoxy) is 1. The van der Waals surface area contributed by atoms with Crippen LogP contribution in [-0.2, 0) is 9.53 Å². The van der Waals surface area contributed by atoms with Crippen LogP contribution in [0.3, 0.4) is 0 Å². The number of hydrogen-bond donors (Lipinski definition) is 0. The summed E-state index contributed by atoms with van der Waals surface area (Å²) in [5.41, 5.74) is -0.693. The first kappa shape index (κ1) is 12.8. The van der Waals surface area contributed by atoms with Crippen LogP contribution in [-0.4, -0.2) is 47.1 Å². The molecular formula is C11H21NO2S. The Morgan fingerprint density at radius 1 is 1.33 bits per heavy atom. The summed E-state index contributed by atoms with van der Waals surface area (Å²) in [5.74, 6) is 0.101. The molecule has 4 heteroatoms. The standard InChI is InChI=1S/C11H21NO2S/c1-8-6-12(7-9(2)15-8)10(13)11(3,4)14-5/h8-9H,6-7H2,1-5H3. The van der Waals surface area contributed by atoms with Gasteiger partial charge in [0.25, 0.3) is 5.91 Å². The highest BCUT2D eigenvalue weighted by Crippen LogP contribution is 2.26. The van der Waals surface area contributed by atoms with Crippen LogP contribution in [0.15, 0.2) is 0 Å². The van der Waals surface area contributed by atoms with Gasteiger partial charge in [-0.2, -0.15) is 11.8 Å². The normalized spacial score (nSPS) is 27.9. The number of rotatable bonds is 2. The summed E-state index contributed by atoms with van der Waals surface area (Å²) < 4.78 is 5.23. The van der Waals surface area contributed by atoms with Gasteiger partial charge in [0, 0.05) is 30.7 Å². The van der Waals surface area contributed by atoms with E-state index in [2.05, 4.69) is 13.8 Å². The molecule has 0 saturated carbocycles. The molecule has 0 bridgehead atoms. The molecule has 0 spiro atoms. The summed E-state index contributed by atoms with van der Waals surface area (Å²) in [6, 6.07) is 0. The molecule has 3 nitrogen and oxygen atoms in total. The minimum absolute atomic E-state index is 0.101. The Labute approximate surface area is 96.5 Å². The van der Waals surface area contributed by atoms with E-state index in [4.69, 9.17) is 4.74 Å². The molecule has 0 aromatic rings. The summed E-state index contributed by atoms with van der Waals surface area (Å²) in [7, 11) is 1.59. The van der Waals surface area contributed by atoms with Crippen molar-refractivity contribution in [1.29, 1.82) is 0 Å². The van der Waals surface area contributed by atoms with Gasteiger partial charge in [-0.15, -0.1) is 0 Å². The van der Waals surface area contributed by atoms with Crippen molar-refractivity contribution < 1.29 is 9.53 Å². The molecule has 2 unspecified atom stereocenters. The Morgan fingerprint density at radius 2 is 1.80 bits per heavy atom. The maximum absolute atomic E-state index is 12.1. The lowest BCUT2D eigenvalue weighted by molar-refractivity contribution is -0.151. The maximum Gasteiger partial charge on any atom is 0.254 e. The van der Waals surface area contributed by atoms with Crippen LogP contribution >= 0.6 is 11.8 Å². The molecule has 1 amide bonds. The first-order valence-electron chi connectivity index (χ1n) is 5.37. The highest BCUT2D eigenvalue weighted by Gasteiger charge is 2.35. The Balaban J connectivity index is 2.67. The number of hydrogen-bond acceptors (Lipinski definition) is 3. The number of methoxy groups -OCH3 is 1. The van der Waals surface area contributed by atoms with E-state index in [1.54, 1.807) is 7.11 Å². The van der Waals surface area contributed by atoms with Crippen molar-refractivity contribution in [1.82, 2.24) is 4.90 Å². The van der Waals surface area contributed by atoms with E-state index in [1.807, 2.05) is 30.5 Å². The molecule has 2 atom stereocenters.